The van der Waals surface area contributed by atoms with Crippen LogP contribution >= 0.6 is 0 Å². The lowest BCUT2D eigenvalue weighted by molar-refractivity contribution is 0.0137. The molecule has 1 fully saturated rings. The Hall–Kier alpha value is -2.49. The molecule has 12 heteroatoms. The van der Waals surface area contributed by atoms with E-state index in [9.17, 15) is 4.79 Å². The molecule has 2 aromatic heterocycles. The van der Waals surface area contributed by atoms with Gasteiger partial charge in [0.1, 0.15) is 5.60 Å². The summed E-state index contributed by atoms with van der Waals surface area (Å²) in [5.74, 6) is 0.330. The normalized spacial score (nSPS) is 16.4. The van der Waals surface area contributed by atoms with Crippen molar-refractivity contribution in [2.75, 3.05) is 37.9 Å². The van der Waals surface area contributed by atoms with E-state index in [1.165, 1.54) is 12.5 Å². The van der Waals surface area contributed by atoms with Gasteiger partial charge in [0.2, 0.25) is 0 Å². The highest BCUT2D eigenvalue weighted by molar-refractivity contribution is 6.89. The molecule has 10 nitrogen and oxygen atoms in total. The van der Waals surface area contributed by atoms with Crippen LogP contribution in [-0.2, 0) is 11.3 Å². The second kappa shape index (κ2) is 11.1. The summed E-state index contributed by atoms with van der Waals surface area (Å²) in [7, 11) is 6.92. The first-order valence-corrected chi connectivity index (χ1v) is 11.5. The van der Waals surface area contributed by atoms with Crippen molar-refractivity contribution >= 4 is 32.5 Å². The van der Waals surface area contributed by atoms with Gasteiger partial charge in [-0.15, -0.1) is 5.10 Å². The summed E-state index contributed by atoms with van der Waals surface area (Å²) in [5.41, 5.74) is 0.807. The molecular formula is C21H34B2N7O3. The lowest BCUT2D eigenvalue weighted by Gasteiger charge is -2.35. The number of nitrogens with one attached hydrogen (secondary N) is 1. The predicted octanol–water partition coefficient (Wildman–Crippen LogP) is 1.90. The number of nitrogens with zero attached hydrogens (tertiary/aromatic N) is 6. The van der Waals surface area contributed by atoms with E-state index in [-0.39, 0.29) is 24.7 Å². The zero-order valence-corrected chi connectivity index (χ0v) is 20.3. The highest BCUT2D eigenvalue weighted by Gasteiger charge is 2.26. The van der Waals surface area contributed by atoms with Gasteiger partial charge in [0.25, 0.3) is 0 Å². The molecule has 1 atom stereocenters. The van der Waals surface area contributed by atoms with Gasteiger partial charge in [0.15, 0.2) is 12.9 Å². The van der Waals surface area contributed by atoms with Crippen molar-refractivity contribution in [2.45, 2.75) is 65.7 Å². The van der Waals surface area contributed by atoms with Crippen LogP contribution in [0.3, 0.4) is 0 Å². The third-order valence-corrected chi connectivity index (χ3v) is 5.15. The minimum atomic E-state index is -0.510. The highest BCUT2D eigenvalue weighted by atomic mass is 16.6. The molecule has 1 aliphatic rings. The SMILES string of the molecule is [2H]N(C[B][B])c1nc(OC(C)CCC)nn2c(CN3CCN(C(=O)OC(C)(C)C)CC3)cnc12. The number of hydrogen-bond acceptors (Lipinski definition) is 8. The summed E-state index contributed by atoms with van der Waals surface area (Å²) >= 11 is 0. The third kappa shape index (κ3) is 6.99. The van der Waals surface area contributed by atoms with E-state index in [2.05, 4.69) is 26.9 Å². The molecule has 0 bridgehead atoms. The lowest BCUT2D eigenvalue weighted by atomic mass is 9.56. The summed E-state index contributed by atoms with van der Waals surface area (Å²) in [4.78, 5) is 25.2. The van der Waals surface area contributed by atoms with Crippen LogP contribution in [0.1, 0.15) is 53.2 Å². The standard InChI is InChI=1S/C21H34B2N7O3/c1-6-7-15(2)32-19-26-17(25-14-23-22)18-24-12-16(30(18)27-19)13-28-8-10-29(11-9-28)20(31)33-21(3,4)5/h12,15H,6-11,13-14H2,1-5H3,(H,25,26,27)/i/hD. The zero-order chi connectivity index (χ0) is 24.9. The molecule has 2 aromatic rings. The number of imidazole rings is 1. The highest BCUT2D eigenvalue weighted by Crippen LogP contribution is 2.20. The van der Waals surface area contributed by atoms with Gasteiger partial charge in [-0.2, -0.15) is 4.98 Å². The first kappa shape index (κ1) is 23.7. The number of anilines is 1. The molecule has 0 saturated carbocycles. The molecule has 0 aromatic carbocycles. The molecule has 1 aliphatic heterocycles. The van der Waals surface area contributed by atoms with Crippen molar-refractivity contribution in [3.8, 4) is 6.01 Å². The van der Waals surface area contributed by atoms with Crippen LogP contribution < -0.4 is 10.0 Å². The minimum absolute atomic E-state index is 0.0524. The smallest absolute Gasteiger partial charge is 0.410 e. The lowest BCUT2D eigenvalue weighted by Crippen LogP contribution is -2.49. The van der Waals surface area contributed by atoms with Crippen molar-refractivity contribution < 1.29 is 15.7 Å². The Morgan fingerprint density at radius 3 is 2.73 bits per heavy atom. The van der Waals surface area contributed by atoms with Gasteiger partial charge in [0.05, 0.1) is 25.2 Å². The molecule has 3 heterocycles. The van der Waals surface area contributed by atoms with Crippen LogP contribution in [0, 0.1) is 0 Å². The molecule has 33 heavy (non-hydrogen) atoms. The number of fused-ring (bicyclic) bond motifs is 1. The average molecular weight is 455 g/mol. The Balaban J connectivity index is 1.76. The van der Waals surface area contributed by atoms with Crippen molar-refractivity contribution in [3.05, 3.63) is 11.9 Å². The van der Waals surface area contributed by atoms with Gasteiger partial charge < -0.3 is 19.7 Å². The maximum atomic E-state index is 12.3. The van der Waals surface area contributed by atoms with Gasteiger partial charge in [-0.25, -0.2) is 14.3 Å². The van der Waals surface area contributed by atoms with Crippen molar-refractivity contribution in [3.63, 3.8) is 0 Å². The summed E-state index contributed by atoms with van der Waals surface area (Å²) in [6.07, 6.45) is 3.45. The topological polar surface area (TPSA) is 97.1 Å². The van der Waals surface area contributed by atoms with Crippen LogP contribution in [0.25, 0.3) is 5.65 Å². The molecule has 3 rings (SSSR count). The number of piperazine rings is 1. The fourth-order valence-electron chi connectivity index (χ4n) is 3.59. The number of hydrogen-bond donors (Lipinski definition) is 1. The third-order valence-electron chi connectivity index (χ3n) is 5.15. The Bertz CT molecular complexity index is 964. The maximum absolute atomic E-state index is 12.3. The molecule has 3 radical (unpaired) electrons. The Labute approximate surface area is 199 Å². The van der Waals surface area contributed by atoms with Crippen LogP contribution in [0.5, 0.6) is 6.01 Å². The second-order valence-electron chi connectivity index (χ2n) is 9.24. The number of aromatic nitrogens is 4. The average Bonchev–Trinajstić information content (AvgIpc) is 3.15. The second-order valence-corrected chi connectivity index (χ2v) is 9.24. The maximum Gasteiger partial charge on any atom is 0.410 e. The molecular weight excluding hydrogens is 420 g/mol. The van der Waals surface area contributed by atoms with Crippen LogP contribution in [0.2, 0.25) is 1.41 Å². The van der Waals surface area contributed by atoms with E-state index in [1.807, 2.05) is 27.7 Å². The molecule has 1 saturated heterocycles. The van der Waals surface area contributed by atoms with Gasteiger partial charge in [-0.05, 0) is 40.6 Å². The monoisotopic (exact) mass is 455 g/mol. The first-order valence-electron chi connectivity index (χ1n) is 12.0. The fraction of sp³-hybridized carbons (Fsp3) is 0.714. The largest absolute Gasteiger partial charge is 0.459 e. The Morgan fingerprint density at radius 1 is 1.36 bits per heavy atom. The molecule has 0 spiro atoms. The molecule has 0 aliphatic carbocycles. The Morgan fingerprint density at radius 2 is 2.09 bits per heavy atom. The summed E-state index contributed by atoms with van der Waals surface area (Å²) in [5, 5.41) is 5.74. The number of rotatable bonds is 9. The Kier molecular flexibility index (Phi) is 7.95. The van der Waals surface area contributed by atoms with E-state index in [4.69, 9.17) is 18.6 Å². The van der Waals surface area contributed by atoms with E-state index in [0.717, 1.165) is 18.5 Å². The van der Waals surface area contributed by atoms with Gasteiger partial charge >= 0.3 is 12.1 Å². The van der Waals surface area contributed by atoms with Crippen molar-refractivity contribution in [1.82, 2.24) is 29.4 Å². The molecule has 177 valence electrons. The fourth-order valence-corrected chi connectivity index (χ4v) is 3.59. The number of ether oxygens (including phenoxy) is 2. The van der Waals surface area contributed by atoms with Crippen LogP contribution in [-0.4, -0.2) is 94.7 Å². The van der Waals surface area contributed by atoms with Gasteiger partial charge in [-0.1, -0.05) is 13.3 Å². The van der Waals surface area contributed by atoms with Gasteiger partial charge in [-0.3, -0.25) is 4.90 Å². The number of carbonyl (C=O) groups is 1. The van der Waals surface area contributed by atoms with Crippen LogP contribution in [0.15, 0.2) is 6.20 Å². The number of carbonyl (C=O) groups excluding carboxylic acids is 1. The van der Waals surface area contributed by atoms with E-state index in [0.29, 0.717) is 44.2 Å². The predicted molar refractivity (Wildman–Crippen MR) is 129 cm³/mol. The minimum Gasteiger partial charge on any atom is -0.459 e. The first-order chi connectivity index (χ1) is 16.1. The van der Waals surface area contributed by atoms with Crippen molar-refractivity contribution in [2.24, 2.45) is 0 Å². The molecule has 1 amide bonds. The molecule has 1 N–H and O–H groups in total. The van der Waals surface area contributed by atoms with E-state index < -0.39 is 5.60 Å². The van der Waals surface area contributed by atoms with Crippen LogP contribution in [0.4, 0.5) is 10.6 Å². The van der Waals surface area contributed by atoms with E-state index >= 15 is 0 Å². The quantitative estimate of drug-likeness (QED) is 0.573. The summed E-state index contributed by atoms with van der Waals surface area (Å²) in [6.45, 7) is 12.8. The summed E-state index contributed by atoms with van der Waals surface area (Å²) in [6, 6.07) is 0.201. The van der Waals surface area contributed by atoms with Crippen molar-refractivity contribution in [1.29, 1.82) is 0 Å². The van der Waals surface area contributed by atoms with E-state index in [1.54, 1.807) is 15.6 Å². The zero-order valence-electron chi connectivity index (χ0n) is 21.3. The molecule has 1 unspecified atom stereocenters. The number of amides is 1. The summed E-state index contributed by atoms with van der Waals surface area (Å²) < 4.78 is 21.4. The van der Waals surface area contributed by atoms with Gasteiger partial charge in [0, 0.05) is 40.5 Å².